The van der Waals surface area contributed by atoms with Gasteiger partial charge in [0, 0.05) is 37.7 Å². The van der Waals surface area contributed by atoms with E-state index in [0.717, 1.165) is 15.9 Å². The van der Waals surface area contributed by atoms with E-state index in [0.29, 0.717) is 17.7 Å². The Morgan fingerprint density at radius 1 is 1.03 bits per heavy atom. The number of benzene rings is 2. The number of rotatable bonds is 3. The molecule has 2 unspecified atom stereocenters. The highest BCUT2D eigenvalue weighted by Gasteiger charge is 2.40. The number of hydrogen-bond donors (Lipinski definition) is 1. The number of amides is 2. The third-order valence-corrected chi connectivity index (χ3v) is 6.16. The number of hydrogen-bond acceptors (Lipinski definition) is 2. The Hall–Kier alpha value is -3.02. The lowest BCUT2D eigenvalue weighted by atomic mass is 9.85. The van der Waals surface area contributed by atoms with Gasteiger partial charge in [0.05, 0.1) is 16.1 Å². The van der Waals surface area contributed by atoms with E-state index in [1.807, 2.05) is 0 Å². The van der Waals surface area contributed by atoms with Crippen LogP contribution in [0, 0.1) is 5.82 Å². The molecule has 0 saturated carbocycles. The molecule has 5 nitrogen and oxygen atoms in total. The van der Waals surface area contributed by atoms with E-state index in [4.69, 9.17) is 11.6 Å². The third-order valence-electron chi connectivity index (χ3n) is 5.87. The van der Waals surface area contributed by atoms with Crippen LogP contribution in [0.4, 0.5) is 35.5 Å². The fourth-order valence-electron chi connectivity index (χ4n) is 4.08. The molecule has 13 heteroatoms. The minimum absolute atomic E-state index is 0.0271. The topological polar surface area (TPSA) is 60.9 Å². The van der Waals surface area contributed by atoms with Crippen molar-refractivity contribution in [2.75, 3.05) is 20.1 Å². The molecule has 190 valence electrons. The Balaban J connectivity index is 2.02. The zero-order valence-electron chi connectivity index (χ0n) is 17.9. The minimum Gasteiger partial charge on any atom is -0.465 e. The second-order valence-corrected chi connectivity index (χ2v) is 8.48. The van der Waals surface area contributed by atoms with Gasteiger partial charge in [-0.1, -0.05) is 17.7 Å². The molecule has 2 atom stereocenters. The number of nitrogens with zero attached hydrogens (tertiary/aromatic N) is 2. The fourth-order valence-corrected chi connectivity index (χ4v) is 4.27. The van der Waals surface area contributed by atoms with Gasteiger partial charge in [-0.05, 0) is 42.3 Å². The molecular formula is C22H18ClF7N2O3. The summed E-state index contributed by atoms with van der Waals surface area (Å²) in [6.45, 7) is -0.199. The predicted octanol–water partition coefficient (Wildman–Crippen LogP) is 6.12. The molecule has 2 aromatic rings. The monoisotopic (exact) mass is 526 g/mol. The highest BCUT2D eigenvalue weighted by Crippen LogP contribution is 2.38. The van der Waals surface area contributed by atoms with E-state index in [-0.39, 0.29) is 30.6 Å². The molecule has 2 aromatic carbocycles. The zero-order valence-corrected chi connectivity index (χ0v) is 18.7. The van der Waals surface area contributed by atoms with Crippen molar-refractivity contribution in [2.24, 2.45) is 0 Å². The predicted molar refractivity (Wildman–Crippen MR) is 111 cm³/mol. The van der Waals surface area contributed by atoms with Gasteiger partial charge in [0.25, 0.3) is 5.91 Å². The van der Waals surface area contributed by atoms with Gasteiger partial charge >= 0.3 is 18.4 Å². The van der Waals surface area contributed by atoms with Crippen molar-refractivity contribution in [3.63, 3.8) is 0 Å². The van der Waals surface area contributed by atoms with Gasteiger partial charge in [-0.2, -0.15) is 26.3 Å². The van der Waals surface area contributed by atoms with Crippen LogP contribution in [0.3, 0.4) is 0 Å². The molecule has 0 spiro atoms. The second kappa shape index (κ2) is 9.56. The number of carbonyl (C=O) groups excluding carboxylic acids is 1. The SMILES string of the molecule is CN(C(=O)c1cc(C(F)(F)F)cc(C(F)(F)F)c1)C1CCN(C(=O)O)CC1c1ccc(F)c(Cl)c1. The van der Waals surface area contributed by atoms with E-state index >= 15 is 0 Å². The van der Waals surface area contributed by atoms with Gasteiger partial charge < -0.3 is 14.9 Å². The lowest BCUT2D eigenvalue weighted by Crippen LogP contribution is -2.51. The number of piperidine rings is 1. The second-order valence-electron chi connectivity index (χ2n) is 8.08. The number of alkyl halides is 6. The number of carbonyl (C=O) groups is 2. The zero-order chi connectivity index (χ0) is 26.3. The summed E-state index contributed by atoms with van der Waals surface area (Å²) in [7, 11) is 1.20. The van der Waals surface area contributed by atoms with E-state index in [2.05, 4.69) is 0 Å². The van der Waals surface area contributed by atoms with Gasteiger partial charge in [-0.25, -0.2) is 9.18 Å². The van der Waals surface area contributed by atoms with Crippen LogP contribution in [0.1, 0.15) is 39.4 Å². The third kappa shape index (κ3) is 5.80. The smallest absolute Gasteiger partial charge is 0.416 e. The Bertz CT molecular complexity index is 1100. The van der Waals surface area contributed by atoms with Gasteiger partial charge in [-0.3, -0.25) is 4.79 Å². The lowest BCUT2D eigenvalue weighted by molar-refractivity contribution is -0.143. The Morgan fingerprint density at radius 3 is 2.09 bits per heavy atom. The van der Waals surface area contributed by atoms with Crippen LogP contribution in [0.5, 0.6) is 0 Å². The molecule has 1 fully saturated rings. The van der Waals surface area contributed by atoms with Crippen LogP contribution in [-0.4, -0.2) is 53.1 Å². The maximum absolute atomic E-state index is 13.7. The van der Waals surface area contributed by atoms with Crippen molar-refractivity contribution in [1.29, 1.82) is 0 Å². The van der Waals surface area contributed by atoms with Crippen LogP contribution < -0.4 is 0 Å². The summed E-state index contributed by atoms with van der Waals surface area (Å²) in [6, 6.07) is 3.38. The minimum atomic E-state index is -5.13. The molecule has 0 aliphatic carbocycles. The van der Waals surface area contributed by atoms with E-state index in [1.54, 1.807) is 0 Å². The normalized spacial score (nSPS) is 18.9. The molecule has 1 heterocycles. The molecule has 1 saturated heterocycles. The molecule has 35 heavy (non-hydrogen) atoms. The van der Waals surface area contributed by atoms with Crippen LogP contribution in [-0.2, 0) is 12.4 Å². The largest absolute Gasteiger partial charge is 0.465 e. The van der Waals surface area contributed by atoms with Gasteiger partial charge in [0.1, 0.15) is 5.82 Å². The summed E-state index contributed by atoms with van der Waals surface area (Å²) in [5, 5.41) is 9.11. The van der Waals surface area contributed by atoms with E-state index < -0.39 is 58.8 Å². The quantitative estimate of drug-likeness (QED) is 0.490. The standard InChI is InChI=1S/C22H18ClF7N2O3/c1-31(19(33)12-6-13(21(25,26)27)9-14(7-12)22(28,29)30)18-4-5-32(20(34)35)10-15(18)11-2-3-17(24)16(23)8-11/h2-3,6-9,15,18H,4-5,10H2,1H3,(H,34,35). The Kier molecular flexibility index (Phi) is 7.26. The summed E-state index contributed by atoms with van der Waals surface area (Å²) < 4.78 is 93.0. The molecule has 1 aliphatic rings. The number of likely N-dealkylation sites (tertiary alicyclic amines) is 1. The van der Waals surface area contributed by atoms with Gasteiger partial charge in [-0.15, -0.1) is 0 Å². The summed E-state index contributed by atoms with van der Waals surface area (Å²) in [5.41, 5.74) is -3.74. The van der Waals surface area contributed by atoms with Crippen LogP contribution in [0.25, 0.3) is 0 Å². The van der Waals surface area contributed by atoms with Crippen LogP contribution in [0.15, 0.2) is 36.4 Å². The number of likely N-dealkylation sites (N-methyl/N-ethyl adjacent to an activating group) is 1. The summed E-state index contributed by atoms with van der Waals surface area (Å²) in [4.78, 5) is 26.6. The van der Waals surface area contributed by atoms with Crippen molar-refractivity contribution in [3.8, 4) is 0 Å². The number of halogens is 8. The number of carboxylic acid groups (broad SMARTS) is 1. The molecular weight excluding hydrogens is 509 g/mol. The molecule has 2 amide bonds. The first kappa shape index (κ1) is 26.6. The maximum Gasteiger partial charge on any atom is 0.416 e. The first-order valence-corrected chi connectivity index (χ1v) is 10.5. The molecule has 3 rings (SSSR count). The van der Waals surface area contributed by atoms with E-state index in [1.165, 1.54) is 19.2 Å². The van der Waals surface area contributed by atoms with Crippen molar-refractivity contribution >= 4 is 23.6 Å². The Morgan fingerprint density at radius 2 is 1.60 bits per heavy atom. The highest BCUT2D eigenvalue weighted by molar-refractivity contribution is 6.30. The summed E-state index contributed by atoms with van der Waals surface area (Å²) >= 11 is 5.84. The first-order valence-electron chi connectivity index (χ1n) is 10.1. The molecule has 0 radical (unpaired) electrons. The average molecular weight is 527 g/mol. The molecule has 0 bridgehead atoms. The average Bonchev–Trinajstić information content (AvgIpc) is 2.78. The highest BCUT2D eigenvalue weighted by atomic mass is 35.5. The van der Waals surface area contributed by atoms with Crippen molar-refractivity contribution in [1.82, 2.24) is 9.80 Å². The van der Waals surface area contributed by atoms with E-state index in [9.17, 15) is 45.4 Å². The lowest BCUT2D eigenvalue weighted by Gasteiger charge is -2.42. The van der Waals surface area contributed by atoms with Gasteiger partial charge in [0.2, 0.25) is 0 Å². The van der Waals surface area contributed by atoms with Gasteiger partial charge in [0.15, 0.2) is 0 Å². The first-order chi connectivity index (χ1) is 16.1. The van der Waals surface area contributed by atoms with Crippen molar-refractivity contribution in [2.45, 2.75) is 30.7 Å². The summed E-state index contributed by atoms with van der Waals surface area (Å²) in [5.74, 6) is -2.64. The molecule has 1 aliphatic heterocycles. The molecule has 1 N–H and O–H groups in total. The Labute approximate surface area is 199 Å². The fraction of sp³-hybridized carbons (Fsp3) is 0.364. The molecule has 0 aromatic heterocycles. The van der Waals surface area contributed by atoms with Crippen molar-refractivity contribution < 1.29 is 45.4 Å². The van der Waals surface area contributed by atoms with Crippen molar-refractivity contribution in [3.05, 3.63) is 69.5 Å². The summed E-state index contributed by atoms with van der Waals surface area (Å²) in [6.07, 6.45) is -11.5. The maximum atomic E-state index is 13.7. The van der Waals surface area contributed by atoms with Crippen LogP contribution >= 0.6 is 11.6 Å². The van der Waals surface area contributed by atoms with Crippen LogP contribution in [0.2, 0.25) is 5.02 Å².